The molecule has 0 bridgehead atoms. The number of nitrogens with one attached hydrogen (secondary N) is 1. The molecule has 0 fully saturated rings. The number of likely N-dealkylation sites (N-methyl/N-ethyl adjacent to an activating group) is 2. The lowest BCUT2D eigenvalue weighted by atomic mass is 10.2. The van der Waals surface area contributed by atoms with Gasteiger partial charge in [0.15, 0.2) is 0 Å². The highest BCUT2D eigenvalue weighted by Gasteiger charge is 2.24. The van der Waals surface area contributed by atoms with Gasteiger partial charge in [-0.1, -0.05) is 46.2 Å². The van der Waals surface area contributed by atoms with Gasteiger partial charge in [0.1, 0.15) is 6.61 Å². The van der Waals surface area contributed by atoms with E-state index >= 15 is 0 Å². The van der Waals surface area contributed by atoms with Crippen LogP contribution in [0.1, 0.15) is 39.7 Å². The van der Waals surface area contributed by atoms with Gasteiger partial charge in [0.25, 0.3) is 6.29 Å². The Labute approximate surface area is 209 Å². The van der Waals surface area contributed by atoms with Gasteiger partial charge >= 0.3 is 18.2 Å². The van der Waals surface area contributed by atoms with Gasteiger partial charge in [0, 0.05) is 45.8 Å². The molecule has 0 saturated carbocycles. The van der Waals surface area contributed by atoms with Crippen LogP contribution in [0.2, 0.25) is 0 Å². The van der Waals surface area contributed by atoms with Gasteiger partial charge in [-0.05, 0) is 24.7 Å². The fraction of sp³-hybridized carbons (Fsp3) is 0.625. The molecule has 1 rings (SSSR count). The van der Waals surface area contributed by atoms with Crippen LogP contribution in [0.4, 0.5) is 15.3 Å². The highest BCUT2D eigenvalue weighted by atomic mass is 16.7. The summed E-state index contributed by atoms with van der Waals surface area (Å²) in [6, 6.07) is 6.89. The number of nitrogens with zero attached hydrogens (tertiary/aromatic N) is 3. The summed E-state index contributed by atoms with van der Waals surface area (Å²) >= 11 is 0. The third-order valence-electron chi connectivity index (χ3n) is 4.60. The van der Waals surface area contributed by atoms with Gasteiger partial charge in [-0.3, -0.25) is 15.1 Å². The van der Waals surface area contributed by atoms with Gasteiger partial charge < -0.3 is 24.8 Å². The van der Waals surface area contributed by atoms with Crippen molar-refractivity contribution < 1.29 is 28.6 Å². The molecule has 1 unspecified atom stereocenters. The Hall–Kier alpha value is -2.89. The normalized spacial score (nSPS) is 11.3. The number of hydrogen-bond acceptors (Lipinski definition) is 9. The van der Waals surface area contributed by atoms with Crippen molar-refractivity contribution in [3.63, 3.8) is 0 Å². The second-order valence-corrected chi connectivity index (χ2v) is 8.24. The van der Waals surface area contributed by atoms with Gasteiger partial charge in [-0.25, -0.2) is 14.6 Å². The largest absolute Gasteiger partial charge is 0.445 e. The number of anilines is 1. The quantitative estimate of drug-likeness (QED) is 0.269. The molecule has 2 amide bonds. The monoisotopic (exact) mass is 497 g/mol. The molecule has 0 aliphatic carbocycles. The summed E-state index contributed by atoms with van der Waals surface area (Å²) < 4.78 is 15.7. The smallest absolute Gasteiger partial charge is 0.417 e. The second kappa shape index (κ2) is 17.5. The Kier molecular flexibility index (Phi) is 16.1. The predicted molar refractivity (Wildman–Crippen MR) is 136 cm³/mol. The number of carbonyl (C=O) groups is 3. The molecule has 1 aromatic carbocycles. The Morgan fingerprint density at radius 2 is 1.54 bits per heavy atom. The van der Waals surface area contributed by atoms with E-state index in [0.29, 0.717) is 18.8 Å². The molecule has 0 saturated heterocycles. The maximum absolute atomic E-state index is 12.4. The highest BCUT2D eigenvalue weighted by Crippen LogP contribution is 2.18. The maximum Gasteiger partial charge on any atom is 0.417 e. The number of carbonyl (C=O) groups excluding carboxylic acids is 3. The Morgan fingerprint density at radius 3 is 2.03 bits per heavy atom. The summed E-state index contributed by atoms with van der Waals surface area (Å²) in [7, 11) is 6.89. The first-order valence-corrected chi connectivity index (χ1v) is 11.7. The number of amides is 2. The summed E-state index contributed by atoms with van der Waals surface area (Å²) in [6.07, 6.45) is -0.892. The Bertz CT molecular complexity index is 759. The second-order valence-electron chi connectivity index (χ2n) is 8.24. The van der Waals surface area contributed by atoms with Gasteiger partial charge in [-0.2, -0.15) is 0 Å². The number of nitrogens with two attached hydrogens (primary N) is 1. The number of hydrogen-bond donors (Lipinski definition) is 2. The zero-order valence-electron chi connectivity index (χ0n) is 22.4. The standard InChI is InChI=1S/C21H35N5O6.C3H8/c1-15(2)19(31-18(27)13-22)32-21(29)26(6)17-9-7-16(8-10-17)14-30-20(28)24(4)11-12-25(5)23-3;1-3-2/h7-10,15,19,23H,11-14,22H2,1-6H3;3H2,1-2H3. The fourth-order valence-corrected chi connectivity index (χ4v) is 2.33. The molecule has 11 nitrogen and oxygen atoms in total. The third-order valence-corrected chi connectivity index (χ3v) is 4.60. The molecule has 0 aliphatic heterocycles. The highest BCUT2D eigenvalue weighted by molar-refractivity contribution is 5.87. The molecule has 0 heterocycles. The summed E-state index contributed by atoms with van der Waals surface area (Å²) in [4.78, 5) is 38.7. The summed E-state index contributed by atoms with van der Waals surface area (Å²) in [5.41, 5.74) is 9.53. The number of esters is 1. The minimum absolute atomic E-state index is 0.101. The van der Waals surface area contributed by atoms with E-state index in [-0.39, 0.29) is 19.1 Å². The van der Waals surface area contributed by atoms with Crippen molar-refractivity contribution in [2.75, 3.05) is 52.7 Å². The van der Waals surface area contributed by atoms with Crippen LogP contribution in [-0.2, 0) is 25.6 Å². The van der Waals surface area contributed by atoms with Crippen LogP contribution in [0.5, 0.6) is 0 Å². The molecule has 35 heavy (non-hydrogen) atoms. The lowest BCUT2D eigenvalue weighted by Gasteiger charge is -2.24. The topological polar surface area (TPSA) is 127 Å². The average molecular weight is 498 g/mol. The van der Waals surface area contributed by atoms with Crippen LogP contribution < -0.4 is 16.1 Å². The van der Waals surface area contributed by atoms with Crippen molar-refractivity contribution in [2.45, 2.75) is 47.0 Å². The van der Waals surface area contributed by atoms with Crippen molar-refractivity contribution in [1.29, 1.82) is 0 Å². The first kappa shape index (κ1) is 32.1. The van der Waals surface area contributed by atoms with E-state index in [4.69, 9.17) is 19.9 Å². The lowest BCUT2D eigenvalue weighted by Crippen LogP contribution is -2.39. The van der Waals surface area contributed by atoms with Crippen LogP contribution in [0.3, 0.4) is 0 Å². The Morgan fingerprint density at radius 1 is 0.971 bits per heavy atom. The minimum Gasteiger partial charge on any atom is -0.445 e. The minimum atomic E-state index is -1.04. The maximum atomic E-state index is 12.4. The zero-order valence-corrected chi connectivity index (χ0v) is 22.4. The number of benzene rings is 1. The van der Waals surface area contributed by atoms with E-state index < -0.39 is 24.4 Å². The van der Waals surface area contributed by atoms with Crippen molar-refractivity contribution in [1.82, 2.24) is 15.3 Å². The molecule has 200 valence electrons. The molecule has 0 spiro atoms. The average Bonchev–Trinajstić information content (AvgIpc) is 2.84. The molecule has 1 atom stereocenters. The van der Waals surface area contributed by atoms with E-state index in [1.807, 2.05) is 12.1 Å². The summed E-state index contributed by atoms with van der Waals surface area (Å²) in [5, 5.41) is 1.86. The predicted octanol–water partition coefficient (Wildman–Crippen LogP) is 2.79. The van der Waals surface area contributed by atoms with Crippen LogP contribution in [0, 0.1) is 5.92 Å². The summed E-state index contributed by atoms with van der Waals surface area (Å²) in [6.45, 7) is 8.74. The van der Waals surface area contributed by atoms with Crippen LogP contribution in [0.25, 0.3) is 0 Å². The molecule has 1 aromatic rings. The van der Waals surface area contributed by atoms with E-state index in [1.165, 1.54) is 23.3 Å². The van der Waals surface area contributed by atoms with E-state index in [9.17, 15) is 14.4 Å². The molecular formula is C24H43N5O6. The van der Waals surface area contributed by atoms with Crippen molar-refractivity contribution in [3.8, 4) is 0 Å². The first-order valence-electron chi connectivity index (χ1n) is 11.7. The first-order chi connectivity index (χ1) is 16.5. The molecule has 0 aromatic heterocycles. The van der Waals surface area contributed by atoms with E-state index in [0.717, 1.165) is 5.56 Å². The van der Waals surface area contributed by atoms with Crippen molar-refractivity contribution in [2.24, 2.45) is 11.7 Å². The fourth-order valence-electron chi connectivity index (χ4n) is 2.33. The molecule has 11 heteroatoms. The zero-order chi connectivity index (χ0) is 27.0. The summed E-state index contributed by atoms with van der Waals surface area (Å²) in [5.74, 6) is -0.894. The SMILES string of the molecule is CCC.CNN(C)CCN(C)C(=O)OCc1ccc(N(C)C(=O)OC(OC(=O)CN)C(C)C)cc1. The number of ether oxygens (including phenoxy) is 3. The van der Waals surface area contributed by atoms with E-state index in [2.05, 4.69) is 19.3 Å². The van der Waals surface area contributed by atoms with Crippen molar-refractivity contribution >= 4 is 23.8 Å². The van der Waals surface area contributed by atoms with E-state index in [1.54, 1.807) is 52.2 Å². The van der Waals surface area contributed by atoms with Gasteiger partial charge in [-0.15, -0.1) is 0 Å². The third kappa shape index (κ3) is 13.0. The molecule has 0 aliphatic rings. The van der Waals surface area contributed by atoms with Gasteiger partial charge in [0.05, 0.1) is 6.54 Å². The molecule has 3 N–H and O–H groups in total. The Balaban J connectivity index is 0.00000365. The van der Waals surface area contributed by atoms with Crippen LogP contribution in [-0.4, -0.2) is 82.2 Å². The number of hydrazine groups is 1. The number of rotatable bonds is 11. The van der Waals surface area contributed by atoms with Crippen molar-refractivity contribution in [3.05, 3.63) is 29.8 Å². The van der Waals surface area contributed by atoms with Crippen LogP contribution in [0.15, 0.2) is 24.3 Å². The van der Waals surface area contributed by atoms with Crippen LogP contribution >= 0.6 is 0 Å². The molecule has 0 radical (unpaired) electrons. The van der Waals surface area contributed by atoms with Gasteiger partial charge in [0.2, 0.25) is 0 Å². The lowest BCUT2D eigenvalue weighted by molar-refractivity contribution is -0.172. The molecular weight excluding hydrogens is 454 g/mol.